The first-order valence-corrected chi connectivity index (χ1v) is 2.28. The monoisotopic (exact) mass is 83.1 g/mol. The molecule has 0 aliphatic carbocycles. The van der Waals surface area contributed by atoms with Crippen LogP contribution in [0.2, 0.25) is 0 Å². The van der Waals surface area contributed by atoms with Gasteiger partial charge in [0.15, 0.2) is 0 Å². The molecule has 0 bridgehead atoms. The van der Waals surface area contributed by atoms with Crippen LogP contribution < -0.4 is 5.73 Å². The van der Waals surface area contributed by atoms with Crippen molar-refractivity contribution in [2.75, 3.05) is 0 Å². The van der Waals surface area contributed by atoms with Crippen LogP contribution in [0.1, 0.15) is 19.8 Å². The molecule has 2 N–H and O–H groups in total. The third-order valence-electron chi connectivity index (χ3n) is 0.622. The fourth-order valence-corrected chi connectivity index (χ4v) is 0.333. The van der Waals surface area contributed by atoms with Crippen LogP contribution in [0.15, 0.2) is 0 Å². The van der Waals surface area contributed by atoms with E-state index in [2.05, 4.69) is 6.92 Å². The van der Waals surface area contributed by atoms with E-state index < -0.39 is 0 Å². The Morgan fingerprint density at radius 2 is 2.33 bits per heavy atom. The molecule has 0 saturated carbocycles. The highest BCUT2D eigenvalue weighted by Crippen LogP contribution is 1.85. The van der Waals surface area contributed by atoms with E-state index in [1.54, 1.807) is 0 Å². The first-order chi connectivity index (χ1) is 2.77. The maximum absolute atomic E-state index is 5.18. The third kappa shape index (κ3) is 4.02. The van der Waals surface area contributed by atoms with Crippen molar-refractivity contribution in [3.05, 3.63) is 0 Å². The zero-order valence-corrected chi connectivity index (χ0v) is 4.15. The van der Waals surface area contributed by atoms with Crippen LogP contribution in [0.3, 0.4) is 0 Å². The molecule has 0 aliphatic rings. The summed E-state index contributed by atoms with van der Waals surface area (Å²) in [6.07, 6.45) is 2.01. The normalized spacial score (nSPS) is 14.3. The lowest BCUT2D eigenvalue weighted by molar-refractivity contribution is 0.755. The van der Waals surface area contributed by atoms with Crippen LogP contribution in [-0.2, 0) is 0 Å². The van der Waals surface area contributed by atoms with Gasteiger partial charge in [0, 0.05) is 0 Å². The molecule has 0 aromatic rings. The van der Waals surface area contributed by atoms with Crippen LogP contribution in [0.4, 0.5) is 0 Å². The van der Waals surface area contributed by atoms with Gasteiger partial charge in [-0.1, -0.05) is 13.3 Å². The molecule has 0 heterocycles. The number of rotatable bonds is 2. The van der Waals surface area contributed by atoms with Crippen LogP contribution in [0.25, 0.3) is 0 Å². The standard InChI is InChI=1S/C4H10BN/c1-2-3-4(5)6/h4H,2-3,6H2,1H3. The molecule has 1 nitrogen and oxygen atoms in total. The van der Waals surface area contributed by atoms with E-state index in [9.17, 15) is 0 Å². The van der Waals surface area contributed by atoms with Gasteiger partial charge in [-0.15, -0.1) is 0 Å². The molecule has 0 saturated heterocycles. The molecule has 1 atom stereocenters. The molecule has 0 rings (SSSR count). The molecule has 0 aliphatic heterocycles. The molecule has 6 heavy (non-hydrogen) atoms. The molecule has 1 unspecified atom stereocenters. The Hall–Kier alpha value is 0.0249. The second-order valence-electron chi connectivity index (χ2n) is 1.45. The van der Waals surface area contributed by atoms with Crippen molar-refractivity contribution in [3.63, 3.8) is 0 Å². The van der Waals surface area contributed by atoms with Crippen LogP contribution >= 0.6 is 0 Å². The number of nitrogens with two attached hydrogens (primary N) is 1. The van der Waals surface area contributed by atoms with E-state index in [4.69, 9.17) is 13.6 Å². The lowest BCUT2D eigenvalue weighted by Crippen LogP contribution is -2.18. The zero-order chi connectivity index (χ0) is 4.99. The molecule has 0 fully saturated rings. The van der Waals surface area contributed by atoms with Crippen molar-refractivity contribution in [2.45, 2.75) is 25.7 Å². The Kier molecular flexibility index (Phi) is 3.24. The fourth-order valence-electron chi connectivity index (χ4n) is 0.333. The predicted octanol–water partition coefficient (Wildman–Crippen LogP) is 0.240. The van der Waals surface area contributed by atoms with Gasteiger partial charge in [0.05, 0.1) is 7.85 Å². The van der Waals surface area contributed by atoms with Crippen molar-refractivity contribution in [3.8, 4) is 0 Å². The summed E-state index contributed by atoms with van der Waals surface area (Å²) in [5.74, 6) is -0.102. The zero-order valence-electron chi connectivity index (χ0n) is 4.15. The Morgan fingerprint density at radius 1 is 1.83 bits per heavy atom. The Labute approximate surface area is 40.3 Å². The van der Waals surface area contributed by atoms with Gasteiger partial charge in [0.25, 0.3) is 0 Å². The van der Waals surface area contributed by atoms with Gasteiger partial charge in [-0.25, -0.2) is 0 Å². The van der Waals surface area contributed by atoms with E-state index in [1.165, 1.54) is 0 Å². The van der Waals surface area contributed by atoms with E-state index in [0.29, 0.717) is 0 Å². The van der Waals surface area contributed by atoms with Gasteiger partial charge < -0.3 is 5.73 Å². The molecule has 2 radical (unpaired) electrons. The van der Waals surface area contributed by atoms with E-state index >= 15 is 0 Å². The highest BCUT2D eigenvalue weighted by molar-refractivity contribution is 6.11. The lowest BCUT2D eigenvalue weighted by Gasteiger charge is -1.97. The molecule has 0 aromatic carbocycles. The highest BCUT2D eigenvalue weighted by atomic mass is 14.6. The van der Waals surface area contributed by atoms with Crippen molar-refractivity contribution in [1.82, 2.24) is 0 Å². The Balaban J connectivity index is 2.63. The van der Waals surface area contributed by atoms with Gasteiger partial charge in [0.2, 0.25) is 0 Å². The maximum Gasteiger partial charge on any atom is 0.0903 e. The number of hydrogen-bond acceptors (Lipinski definition) is 1. The van der Waals surface area contributed by atoms with E-state index in [1.807, 2.05) is 0 Å². The third-order valence-corrected chi connectivity index (χ3v) is 0.622. The van der Waals surface area contributed by atoms with Crippen molar-refractivity contribution in [1.29, 1.82) is 0 Å². The molecule has 34 valence electrons. The largest absolute Gasteiger partial charge is 0.336 e. The van der Waals surface area contributed by atoms with Gasteiger partial charge in [-0.3, -0.25) is 0 Å². The highest BCUT2D eigenvalue weighted by Gasteiger charge is 1.85. The van der Waals surface area contributed by atoms with Crippen LogP contribution in [-0.4, -0.2) is 13.8 Å². The summed E-state index contributed by atoms with van der Waals surface area (Å²) in [7, 11) is 5.18. The average Bonchev–Trinajstić information content (AvgIpc) is 1.35. The summed E-state index contributed by atoms with van der Waals surface area (Å²) in [6, 6.07) is 0. The minimum absolute atomic E-state index is 0.102. The summed E-state index contributed by atoms with van der Waals surface area (Å²) < 4.78 is 0. The van der Waals surface area contributed by atoms with Crippen LogP contribution in [0, 0.1) is 0 Å². The second kappa shape index (κ2) is 3.22. The van der Waals surface area contributed by atoms with E-state index in [-0.39, 0.29) is 5.94 Å². The summed E-state index contributed by atoms with van der Waals surface area (Å²) in [5, 5.41) is 0. The van der Waals surface area contributed by atoms with Crippen molar-refractivity contribution < 1.29 is 0 Å². The summed E-state index contributed by atoms with van der Waals surface area (Å²) in [4.78, 5) is 0. The lowest BCUT2D eigenvalue weighted by atomic mass is 9.94. The SMILES string of the molecule is [B]C(N)CCC. The number of hydrogen-bond donors (Lipinski definition) is 1. The topological polar surface area (TPSA) is 26.0 Å². The average molecular weight is 82.9 g/mol. The quantitative estimate of drug-likeness (QED) is 0.475. The van der Waals surface area contributed by atoms with Gasteiger partial charge in [-0.2, -0.15) is 0 Å². The molecule has 0 aromatic heterocycles. The van der Waals surface area contributed by atoms with E-state index in [0.717, 1.165) is 12.8 Å². The molecule has 2 heteroatoms. The molecule has 0 spiro atoms. The van der Waals surface area contributed by atoms with Gasteiger partial charge in [0.1, 0.15) is 0 Å². The summed E-state index contributed by atoms with van der Waals surface area (Å²) in [5.41, 5.74) is 5.18. The molecular weight excluding hydrogens is 72.9 g/mol. The predicted molar refractivity (Wildman–Crippen MR) is 28.6 cm³/mol. The van der Waals surface area contributed by atoms with Crippen molar-refractivity contribution in [2.24, 2.45) is 5.73 Å². The second-order valence-corrected chi connectivity index (χ2v) is 1.45. The van der Waals surface area contributed by atoms with Crippen LogP contribution in [0.5, 0.6) is 0 Å². The minimum Gasteiger partial charge on any atom is -0.336 e. The molecule has 0 amide bonds. The van der Waals surface area contributed by atoms with Gasteiger partial charge in [-0.05, 0) is 12.4 Å². The Morgan fingerprint density at radius 3 is 2.33 bits per heavy atom. The first kappa shape index (κ1) is 6.02. The smallest absolute Gasteiger partial charge is 0.0903 e. The summed E-state index contributed by atoms with van der Waals surface area (Å²) in [6.45, 7) is 2.06. The van der Waals surface area contributed by atoms with Crippen molar-refractivity contribution >= 4 is 7.85 Å². The fraction of sp³-hybridized carbons (Fsp3) is 1.00. The van der Waals surface area contributed by atoms with Gasteiger partial charge >= 0.3 is 0 Å². The minimum atomic E-state index is -0.102. The Bertz CT molecular complexity index is 28.7. The summed E-state index contributed by atoms with van der Waals surface area (Å²) >= 11 is 0. The maximum atomic E-state index is 5.18. The molecular formula is C4H10BN. The first-order valence-electron chi connectivity index (χ1n) is 2.28.